The van der Waals surface area contributed by atoms with Crippen molar-refractivity contribution in [1.29, 1.82) is 0 Å². The van der Waals surface area contributed by atoms with E-state index >= 15 is 0 Å². The molecule has 2 rings (SSSR count). The molecule has 1 aromatic carbocycles. The van der Waals surface area contributed by atoms with Crippen molar-refractivity contribution < 1.29 is 9.47 Å². The van der Waals surface area contributed by atoms with Gasteiger partial charge in [0.05, 0.1) is 25.6 Å². The molecule has 0 aliphatic carbocycles. The van der Waals surface area contributed by atoms with Crippen LogP contribution in [0.25, 0.3) is 11.4 Å². The maximum absolute atomic E-state index is 5.83. The molecule has 0 saturated carbocycles. The number of ether oxygens (including phenoxy) is 2. The Morgan fingerprint density at radius 1 is 0.607 bits per heavy atom. The highest BCUT2D eigenvalue weighted by molar-refractivity contribution is 5.56. The van der Waals surface area contributed by atoms with Crippen molar-refractivity contribution in [1.82, 2.24) is 9.97 Å². The zero-order valence-corrected chi connectivity index (χ0v) is 17.7. The number of rotatable bonds is 15. The Hall–Kier alpha value is -2.10. The fourth-order valence-corrected chi connectivity index (χ4v) is 3.03. The van der Waals surface area contributed by atoms with Gasteiger partial charge in [0.2, 0.25) is 0 Å². The van der Waals surface area contributed by atoms with Crippen LogP contribution in [0.1, 0.15) is 78.1 Å². The molecule has 0 radical (unpaired) electrons. The van der Waals surface area contributed by atoms with Gasteiger partial charge in [-0.3, -0.25) is 0 Å². The topological polar surface area (TPSA) is 44.2 Å². The number of hydrogen-bond donors (Lipinski definition) is 0. The Morgan fingerprint density at radius 3 is 1.71 bits per heavy atom. The molecule has 0 atom stereocenters. The highest BCUT2D eigenvalue weighted by atomic mass is 16.5. The Labute approximate surface area is 170 Å². The summed E-state index contributed by atoms with van der Waals surface area (Å²) in [6.07, 6.45) is 16.0. The minimum absolute atomic E-state index is 0.709. The SMILES string of the molecule is CCCCCCCCOc1ccc(-c2ncc(OCCCCCC)cn2)cc1. The summed E-state index contributed by atoms with van der Waals surface area (Å²) in [6, 6.07) is 8.01. The summed E-state index contributed by atoms with van der Waals surface area (Å²) in [4.78, 5) is 8.86. The first kappa shape index (κ1) is 22.2. The van der Waals surface area contributed by atoms with E-state index in [4.69, 9.17) is 9.47 Å². The van der Waals surface area contributed by atoms with E-state index in [1.165, 1.54) is 51.4 Å². The van der Waals surface area contributed by atoms with Gasteiger partial charge >= 0.3 is 0 Å². The van der Waals surface area contributed by atoms with Gasteiger partial charge in [0.1, 0.15) is 5.75 Å². The Morgan fingerprint density at radius 2 is 1.11 bits per heavy atom. The van der Waals surface area contributed by atoms with Gasteiger partial charge in [-0.25, -0.2) is 9.97 Å². The standard InChI is InChI=1S/C24H36N2O2/c1-3-5-7-9-10-12-17-27-22-15-13-21(14-16-22)24-25-19-23(20-26-24)28-18-11-8-6-4-2/h13-16,19-20H,3-12,17-18H2,1-2H3. The van der Waals surface area contributed by atoms with Crippen molar-refractivity contribution in [3.63, 3.8) is 0 Å². The van der Waals surface area contributed by atoms with Crippen LogP contribution >= 0.6 is 0 Å². The lowest BCUT2D eigenvalue weighted by Crippen LogP contribution is -1.99. The second-order valence-electron chi connectivity index (χ2n) is 7.29. The molecule has 0 aliphatic rings. The Balaban J connectivity index is 1.70. The number of unbranched alkanes of at least 4 members (excludes halogenated alkanes) is 8. The van der Waals surface area contributed by atoms with E-state index in [0.29, 0.717) is 5.82 Å². The highest BCUT2D eigenvalue weighted by Crippen LogP contribution is 2.21. The second-order valence-corrected chi connectivity index (χ2v) is 7.29. The molecule has 0 fully saturated rings. The Kier molecular flexibility index (Phi) is 11.1. The van der Waals surface area contributed by atoms with Crippen LogP contribution in [0.4, 0.5) is 0 Å². The lowest BCUT2D eigenvalue weighted by molar-refractivity contribution is 0.302. The normalized spacial score (nSPS) is 10.8. The summed E-state index contributed by atoms with van der Waals surface area (Å²) in [7, 11) is 0. The lowest BCUT2D eigenvalue weighted by atomic mass is 10.1. The van der Waals surface area contributed by atoms with Gasteiger partial charge in [0.25, 0.3) is 0 Å². The molecular formula is C24H36N2O2. The van der Waals surface area contributed by atoms with Gasteiger partial charge < -0.3 is 9.47 Å². The molecule has 154 valence electrons. The van der Waals surface area contributed by atoms with Gasteiger partial charge in [-0.1, -0.05) is 65.2 Å². The number of aromatic nitrogens is 2. The van der Waals surface area contributed by atoms with Crippen LogP contribution in [-0.4, -0.2) is 23.2 Å². The fraction of sp³-hybridized carbons (Fsp3) is 0.583. The van der Waals surface area contributed by atoms with Crippen LogP contribution in [0.5, 0.6) is 11.5 Å². The first-order valence-corrected chi connectivity index (χ1v) is 11.0. The molecular weight excluding hydrogens is 348 g/mol. The highest BCUT2D eigenvalue weighted by Gasteiger charge is 2.03. The summed E-state index contributed by atoms with van der Waals surface area (Å²) in [5.41, 5.74) is 0.987. The van der Waals surface area contributed by atoms with Crippen LogP contribution in [0, 0.1) is 0 Å². The molecule has 4 heteroatoms. The average molecular weight is 385 g/mol. The first-order valence-electron chi connectivity index (χ1n) is 11.0. The molecule has 4 nitrogen and oxygen atoms in total. The average Bonchev–Trinajstić information content (AvgIpc) is 2.74. The maximum Gasteiger partial charge on any atom is 0.159 e. The van der Waals surface area contributed by atoms with E-state index in [1.807, 2.05) is 24.3 Å². The van der Waals surface area contributed by atoms with Crippen molar-refractivity contribution in [2.75, 3.05) is 13.2 Å². The van der Waals surface area contributed by atoms with Crippen molar-refractivity contribution in [2.24, 2.45) is 0 Å². The molecule has 0 aliphatic heterocycles. The van der Waals surface area contributed by atoms with Gasteiger partial charge in [0, 0.05) is 5.56 Å². The van der Waals surface area contributed by atoms with Crippen LogP contribution in [-0.2, 0) is 0 Å². The Bertz CT molecular complexity index is 626. The third kappa shape index (κ3) is 8.73. The molecule has 28 heavy (non-hydrogen) atoms. The summed E-state index contributed by atoms with van der Waals surface area (Å²) in [5.74, 6) is 2.35. The van der Waals surface area contributed by atoms with Crippen molar-refractivity contribution >= 4 is 0 Å². The molecule has 0 unspecified atom stereocenters. The third-order valence-electron chi connectivity index (χ3n) is 4.77. The molecule has 1 heterocycles. The van der Waals surface area contributed by atoms with E-state index in [0.717, 1.165) is 43.1 Å². The number of nitrogens with zero attached hydrogens (tertiary/aromatic N) is 2. The van der Waals surface area contributed by atoms with E-state index in [9.17, 15) is 0 Å². The van der Waals surface area contributed by atoms with Crippen LogP contribution in [0.15, 0.2) is 36.7 Å². The number of hydrogen-bond acceptors (Lipinski definition) is 4. The molecule has 0 amide bonds. The summed E-state index contributed by atoms with van der Waals surface area (Å²) in [6.45, 7) is 5.97. The van der Waals surface area contributed by atoms with E-state index < -0.39 is 0 Å². The van der Waals surface area contributed by atoms with Crippen molar-refractivity contribution in [3.8, 4) is 22.9 Å². The number of benzene rings is 1. The zero-order chi connectivity index (χ0) is 19.9. The molecule has 2 aromatic rings. The zero-order valence-electron chi connectivity index (χ0n) is 17.7. The monoisotopic (exact) mass is 384 g/mol. The maximum atomic E-state index is 5.83. The molecule has 0 spiro atoms. The summed E-state index contributed by atoms with van der Waals surface area (Å²) >= 11 is 0. The second kappa shape index (κ2) is 14.0. The smallest absolute Gasteiger partial charge is 0.159 e. The van der Waals surface area contributed by atoms with Gasteiger partial charge in [-0.2, -0.15) is 0 Å². The lowest BCUT2D eigenvalue weighted by Gasteiger charge is -2.08. The molecule has 0 bridgehead atoms. The van der Waals surface area contributed by atoms with Crippen molar-refractivity contribution in [3.05, 3.63) is 36.7 Å². The quantitative estimate of drug-likeness (QED) is 0.315. The van der Waals surface area contributed by atoms with E-state index in [-0.39, 0.29) is 0 Å². The van der Waals surface area contributed by atoms with E-state index in [2.05, 4.69) is 23.8 Å². The van der Waals surface area contributed by atoms with Gasteiger partial charge in [0.15, 0.2) is 11.6 Å². The fourth-order valence-electron chi connectivity index (χ4n) is 3.03. The summed E-state index contributed by atoms with van der Waals surface area (Å²) < 4.78 is 11.5. The first-order chi connectivity index (χ1) is 13.8. The minimum Gasteiger partial charge on any atom is -0.494 e. The van der Waals surface area contributed by atoms with Gasteiger partial charge in [-0.15, -0.1) is 0 Å². The largest absolute Gasteiger partial charge is 0.494 e. The molecule has 1 aromatic heterocycles. The van der Waals surface area contributed by atoms with Crippen molar-refractivity contribution in [2.45, 2.75) is 78.1 Å². The summed E-state index contributed by atoms with van der Waals surface area (Å²) in [5, 5.41) is 0. The molecule has 0 N–H and O–H groups in total. The van der Waals surface area contributed by atoms with Crippen LogP contribution in [0.2, 0.25) is 0 Å². The predicted molar refractivity (Wildman–Crippen MR) is 116 cm³/mol. The van der Waals surface area contributed by atoms with Gasteiger partial charge in [-0.05, 0) is 37.1 Å². The third-order valence-corrected chi connectivity index (χ3v) is 4.77. The molecule has 0 saturated heterocycles. The van der Waals surface area contributed by atoms with Crippen LogP contribution in [0.3, 0.4) is 0 Å². The van der Waals surface area contributed by atoms with E-state index in [1.54, 1.807) is 12.4 Å². The van der Waals surface area contributed by atoms with Crippen LogP contribution < -0.4 is 9.47 Å². The minimum atomic E-state index is 0.709. The predicted octanol–water partition coefficient (Wildman–Crippen LogP) is 6.84.